The molecule has 2 aromatic heterocycles. The van der Waals surface area contributed by atoms with Gasteiger partial charge in [-0.3, -0.25) is 9.88 Å². The van der Waals surface area contributed by atoms with Gasteiger partial charge in [-0.1, -0.05) is 120 Å². The van der Waals surface area contributed by atoms with E-state index in [4.69, 9.17) is 29.2 Å². The summed E-state index contributed by atoms with van der Waals surface area (Å²) in [4.78, 5) is 49.6. The molecule has 0 aliphatic carbocycles. The SMILES string of the molecule is CCOC(=O)COc1nc(N2C[C@H]3CC[C@@H](C2)N3C(=O)OC(C)(C)C)c2cnc(-c3cc(N=C(c4ccccc4)c4ccccc4)cc4cccc(C#C[Si](C(C)C)(C(C)C)C(C)C)c34)c(F)c2n1. The third kappa shape index (κ3) is 10.1. The summed E-state index contributed by atoms with van der Waals surface area (Å²) in [5.41, 5.74) is 8.96. The molecule has 2 saturated heterocycles. The summed E-state index contributed by atoms with van der Waals surface area (Å²) in [5.74, 6) is 2.77. The van der Waals surface area contributed by atoms with Gasteiger partial charge in [0.05, 0.1) is 35.5 Å². The van der Waals surface area contributed by atoms with Crippen LogP contribution in [0.25, 0.3) is 32.9 Å². The molecular formula is C56H63FN6O5Si. The fraction of sp³-hybridized carbons (Fsp3) is 0.393. The number of anilines is 1. The average Bonchev–Trinajstić information content (AvgIpc) is 3.59. The lowest BCUT2D eigenvalue weighted by Gasteiger charge is -2.42. The van der Waals surface area contributed by atoms with E-state index in [2.05, 4.69) is 58.0 Å². The van der Waals surface area contributed by atoms with Gasteiger partial charge in [0.1, 0.15) is 30.7 Å². The zero-order valence-corrected chi connectivity index (χ0v) is 42.5. The predicted octanol–water partition coefficient (Wildman–Crippen LogP) is 12.3. The second-order valence-electron chi connectivity index (χ2n) is 20.0. The molecule has 1 amide bonds. The van der Waals surface area contributed by atoms with Crippen molar-refractivity contribution < 1.29 is 28.2 Å². The van der Waals surface area contributed by atoms with Crippen molar-refractivity contribution in [2.75, 3.05) is 31.2 Å². The number of rotatable bonds is 12. The molecule has 0 N–H and O–H groups in total. The Morgan fingerprint density at radius 2 is 1.48 bits per heavy atom. The summed E-state index contributed by atoms with van der Waals surface area (Å²) in [6.45, 7) is 21.5. The molecule has 11 nitrogen and oxygen atoms in total. The number of halogens is 1. The van der Waals surface area contributed by atoms with Crippen LogP contribution in [0, 0.1) is 17.3 Å². The van der Waals surface area contributed by atoms with Gasteiger partial charge in [0.2, 0.25) is 0 Å². The number of hydrogen-bond donors (Lipinski definition) is 0. The van der Waals surface area contributed by atoms with E-state index in [1.165, 1.54) is 0 Å². The number of carbonyl (C=O) groups excluding carboxylic acids is 2. The number of fused-ring (bicyclic) bond motifs is 4. The molecule has 69 heavy (non-hydrogen) atoms. The van der Waals surface area contributed by atoms with Crippen LogP contribution in [0.1, 0.15) is 98.8 Å². The lowest BCUT2D eigenvalue weighted by Crippen LogP contribution is -2.57. The molecule has 0 unspecified atom stereocenters. The van der Waals surface area contributed by atoms with Crippen molar-refractivity contribution in [3.8, 4) is 28.7 Å². The predicted molar refractivity (Wildman–Crippen MR) is 276 cm³/mol. The van der Waals surface area contributed by atoms with E-state index >= 15 is 4.39 Å². The molecule has 13 heteroatoms. The monoisotopic (exact) mass is 946 g/mol. The number of ether oxygens (including phenoxy) is 3. The number of aromatic nitrogens is 3. The summed E-state index contributed by atoms with van der Waals surface area (Å²) in [6, 6.07) is 29.4. The molecule has 2 aliphatic heterocycles. The standard InChI is InChI=1S/C56H63FN6O5Si/c1-11-66-47(64)34-67-54-60-52-46(53(61-54)62-32-43-25-26-44(33-62)63(43)55(65)68-56(8,9)10)31-58-51(49(52)57)45-30-42(59-50(39-19-14-12-15-20-39)40-21-16-13-17-22-40)29-41-24-18-23-38(48(41)45)27-28-69(35(2)3,36(4)5)37(6)7/h12-24,29-31,35-37,43-44H,11,25-26,32-34H2,1-10H3/t43-,44+. The Hall–Kier alpha value is -6.65. The number of nitrogens with zero attached hydrogens (tertiary/aromatic N) is 6. The van der Waals surface area contributed by atoms with Crippen molar-refractivity contribution in [3.63, 3.8) is 0 Å². The number of esters is 1. The number of benzene rings is 4. The van der Waals surface area contributed by atoms with Gasteiger partial charge in [0.15, 0.2) is 12.4 Å². The maximum absolute atomic E-state index is 18.1. The van der Waals surface area contributed by atoms with Gasteiger partial charge < -0.3 is 19.1 Å². The van der Waals surface area contributed by atoms with E-state index in [1.54, 1.807) is 13.1 Å². The van der Waals surface area contributed by atoms with Crippen LogP contribution < -0.4 is 9.64 Å². The smallest absolute Gasteiger partial charge is 0.410 e. The van der Waals surface area contributed by atoms with Gasteiger partial charge in [-0.25, -0.2) is 19.0 Å². The van der Waals surface area contributed by atoms with Gasteiger partial charge in [-0.05, 0) is 80.7 Å². The zero-order chi connectivity index (χ0) is 49.2. The number of hydrogen-bond acceptors (Lipinski definition) is 10. The molecule has 2 aliphatic rings. The van der Waals surface area contributed by atoms with Gasteiger partial charge in [0, 0.05) is 46.9 Å². The first-order chi connectivity index (χ1) is 33.0. The largest absolute Gasteiger partial charge is 0.463 e. The number of piperazine rings is 1. The molecule has 4 aromatic carbocycles. The summed E-state index contributed by atoms with van der Waals surface area (Å²) in [6.07, 6.45) is 2.81. The fourth-order valence-electron chi connectivity index (χ4n) is 10.5. The molecule has 0 spiro atoms. The summed E-state index contributed by atoms with van der Waals surface area (Å²) in [5, 5.41) is 1.93. The third-order valence-electron chi connectivity index (χ3n) is 13.5. The molecule has 2 fully saturated rings. The third-order valence-corrected chi connectivity index (χ3v) is 19.8. The maximum Gasteiger partial charge on any atom is 0.410 e. The van der Waals surface area contributed by atoms with Gasteiger partial charge >= 0.3 is 18.1 Å². The minimum atomic E-state index is -2.20. The second kappa shape index (κ2) is 20.1. The molecule has 8 rings (SSSR count). The zero-order valence-electron chi connectivity index (χ0n) is 41.5. The van der Waals surface area contributed by atoms with E-state index in [0.29, 0.717) is 52.2 Å². The van der Waals surface area contributed by atoms with E-state index in [1.807, 2.05) is 122 Å². The van der Waals surface area contributed by atoms with Crippen molar-refractivity contribution in [1.82, 2.24) is 19.9 Å². The Morgan fingerprint density at radius 1 is 0.855 bits per heavy atom. The summed E-state index contributed by atoms with van der Waals surface area (Å²) >= 11 is 0. The second-order valence-corrected chi connectivity index (χ2v) is 25.6. The Balaban J connectivity index is 1.34. The first-order valence-electron chi connectivity index (χ1n) is 24.2. The van der Waals surface area contributed by atoms with Gasteiger partial charge in [0.25, 0.3) is 0 Å². The Kier molecular flexibility index (Phi) is 14.2. The van der Waals surface area contributed by atoms with Crippen LogP contribution in [0.4, 0.5) is 20.7 Å². The highest BCUT2D eigenvalue weighted by atomic mass is 28.3. The number of aliphatic imine (C=N–C) groups is 1. The highest BCUT2D eigenvalue weighted by Gasteiger charge is 2.45. The molecular weight excluding hydrogens is 884 g/mol. The minimum absolute atomic E-state index is 0.0310. The van der Waals surface area contributed by atoms with Crippen molar-refractivity contribution in [1.29, 1.82) is 0 Å². The Morgan fingerprint density at radius 3 is 2.06 bits per heavy atom. The lowest BCUT2D eigenvalue weighted by atomic mass is 9.95. The van der Waals surface area contributed by atoms with Gasteiger partial charge in [-0.2, -0.15) is 9.97 Å². The summed E-state index contributed by atoms with van der Waals surface area (Å²) < 4.78 is 35.0. The molecule has 0 saturated carbocycles. The van der Waals surface area contributed by atoms with Crippen LogP contribution in [-0.4, -0.2) is 89.7 Å². The molecule has 0 radical (unpaired) electrons. The normalized spacial score (nSPS) is 16.0. The highest BCUT2D eigenvalue weighted by molar-refractivity contribution is 6.90. The molecule has 4 heterocycles. The van der Waals surface area contributed by atoms with Crippen molar-refractivity contribution in [3.05, 3.63) is 120 Å². The highest BCUT2D eigenvalue weighted by Crippen LogP contribution is 2.43. The topological polar surface area (TPSA) is 119 Å². The number of carbonyl (C=O) groups is 2. The van der Waals surface area contributed by atoms with Crippen LogP contribution in [0.3, 0.4) is 0 Å². The first kappa shape index (κ1) is 48.8. The maximum atomic E-state index is 18.1. The fourth-order valence-corrected chi connectivity index (χ4v) is 15.7. The summed E-state index contributed by atoms with van der Waals surface area (Å²) in [7, 11) is -2.20. The Labute approximate surface area is 406 Å². The van der Waals surface area contributed by atoms with Crippen LogP contribution >= 0.6 is 0 Å². The van der Waals surface area contributed by atoms with Crippen LogP contribution in [0.15, 0.2) is 102 Å². The van der Waals surface area contributed by atoms with Crippen molar-refractivity contribution in [2.45, 2.75) is 116 Å². The van der Waals surface area contributed by atoms with Gasteiger partial charge in [-0.15, -0.1) is 5.54 Å². The first-order valence-corrected chi connectivity index (χ1v) is 26.4. The minimum Gasteiger partial charge on any atom is -0.463 e. The van der Waals surface area contributed by atoms with Crippen LogP contribution in [0.5, 0.6) is 6.01 Å². The van der Waals surface area contributed by atoms with E-state index in [0.717, 1.165) is 46.0 Å². The lowest BCUT2D eigenvalue weighted by molar-refractivity contribution is -0.145. The van der Waals surface area contributed by atoms with Crippen LogP contribution in [0.2, 0.25) is 16.6 Å². The molecule has 2 atom stereocenters. The average molecular weight is 947 g/mol. The molecule has 358 valence electrons. The Bertz CT molecular complexity index is 2890. The van der Waals surface area contributed by atoms with E-state index in [9.17, 15) is 9.59 Å². The number of amides is 1. The van der Waals surface area contributed by atoms with Crippen LogP contribution in [-0.2, 0) is 14.3 Å². The van der Waals surface area contributed by atoms with Crippen molar-refractivity contribution >= 4 is 59.0 Å². The quantitative estimate of drug-likeness (QED) is 0.0511. The van der Waals surface area contributed by atoms with E-state index in [-0.39, 0.29) is 42.0 Å². The number of pyridine rings is 1. The molecule has 2 bridgehead atoms. The van der Waals surface area contributed by atoms with E-state index < -0.39 is 32.1 Å². The van der Waals surface area contributed by atoms with Crippen molar-refractivity contribution in [2.24, 2.45) is 4.99 Å². The molecule has 6 aromatic rings.